The summed E-state index contributed by atoms with van der Waals surface area (Å²) in [4.78, 5) is 25.2. The quantitative estimate of drug-likeness (QED) is 0.188. The van der Waals surface area contributed by atoms with Gasteiger partial charge >= 0.3 is 0 Å². The Morgan fingerprint density at radius 1 is 1.03 bits per heavy atom. The first kappa shape index (κ1) is 24.0. The molecule has 4 rings (SSSR count). The number of benzene rings is 3. The van der Waals surface area contributed by atoms with Crippen LogP contribution in [0.15, 0.2) is 72.8 Å². The fourth-order valence-corrected chi connectivity index (χ4v) is 3.71. The van der Waals surface area contributed by atoms with Crippen molar-refractivity contribution in [2.75, 3.05) is 38.3 Å². The SMILES string of the molecule is COc1cc(/C=C/C(=O)c2ccc(N3CCOCC3)cc2)ccc1OCc1ccc([N+](=O)[O-])cc1. The van der Waals surface area contributed by atoms with Crippen LogP contribution >= 0.6 is 0 Å². The smallest absolute Gasteiger partial charge is 0.269 e. The van der Waals surface area contributed by atoms with E-state index in [4.69, 9.17) is 14.2 Å². The number of allylic oxidation sites excluding steroid dienone is 1. The van der Waals surface area contributed by atoms with Crippen molar-refractivity contribution in [2.45, 2.75) is 6.61 Å². The number of nitrogens with zero attached hydrogens (tertiary/aromatic N) is 2. The molecule has 1 fully saturated rings. The van der Waals surface area contributed by atoms with Gasteiger partial charge in [0.15, 0.2) is 17.3 Å². The molecule has 0 radical (unpaired) electrons. The highest BCUT2D eigenvalue weighted by molar-refractivity contribution is 6.07. The molecule has 1 aliphatic heterocycles. The van der Waals surface area contributed by atoms with Crippen molar-refractivity contribution < 1.29 is 23.9 Å². The molecule has 1 heterocycles. The monoisotopic (exact) mass is 474 g/mol. The van der Waals surface area contributed by atoms with Gasteiger partial charge in [0.2, 0.25) is 0 Å². The van der Waals surface area contributed by atoms with Crippen LogP contribution in [0.5, 0.6) is 11.5 Å². The largest absolute Gasteiger partial charge is 0.493 e. The van der Waals surface area contributed by atoms with Crippen LogP contribution in [-0.2, 0) is 11.3 Å². The highest BCUT2D eigenvalue weighted by Gasteiger charge is 2.12. The average Bonchev–Trinajstić information content (AvgIpc) is 2.91. The number of hydrogen-bond acceptors (Lipinski definition) is 7. The highest BCUT2D eigenvalue weighted by Crippen LogP contribution is 2.29. The summed E-state index contributed by atoms with van der Waals surface area (Å²) in [7, 11) is 1.54. The molecule has 0 aromatic heterocycles. The third-order valence-corrected chi connectivity index (χ3v) is 5.68. The molecule has 8 nitrogen and oxygen atoms in total. The van der Waals surface area contributed by atoms with Gasteiger partial charge in [-0.05, 0) is 65.7 Å². The van der Waals surface area contributed by atoms with Gasteiger partial charge in [0, 0.05) is 36.5 Å². The van der Waals surface area contributed by atoms with Crippen molar-refractivity contribution in [1.29, 1.82) is 0 Å². The van der Waals surface area contributed by atoms with E-state index in [9.17, 15) is 14.9 Å². The molecular formula is C27H26N2O6. The standard InChI is InChI=1S/C27H26N2O6/c1-33-27-18-20(5-13-26(27)35-19-21-2-8-24(9-3-21)29(31)32)4-12-25(30)22-6-10-23(11-7-22)28-14-16-34-17-15-28/h2-13,18H,14-17,19H2,1H3/b12-4+. The molecule has 0 saturated carbocycles. The van der Waals surface area contributed by atoms with Crippen molar-refractivity contribution in [3.63, 3.8) is 0 Å². The van der Waals surface area contributed by atoms with E-state index in [-0.39, 0.29) is 18.1 Å². The maximum atomic E-state index is 12.6. The zero-order valence-corrected chi connectivity index (χ0v) is 19.4. The molecular weight excluding hydrogens is 448 g/mol. The van der Waals surface area contributed by atoms with Gasteiger partial charge in [0.05, 0.1) is 25.2 Å². The van der Waals surface area contributed by atoms with Crippen LogP contribution in [0.1, 0.15) is 21.5 Å². The average molecular weight is 475 g/mol. The lowest BCUT2D eigenvalue weighted by Gasteiger charge is -2.28. The third kappa shape index (κ3) is 6.24. The van der Waals surface area contributed by atoms with Gasteiger partial charge in [-0.1, -0.05) is 12.1 Å². The van der Waals surface area contributed by atoms with Crippen molar-refractivity contribution in [3.8, 4) is 11.5 Å². The van der Waals surface area contributed by atoms with Crippen LogP contribution < -0.4 is 14.4 Å². The van der Waals surface area contributed by atoms with E-state index in [1.165, 1.54) is 18.2 Å². The Morgan fingerprint density at radius 3 is 2.40 bits per heavy atom. The number of anilines is 1. The van der Waals surface area contributed by atoms with Crippen LogP contribution in [0.3, 0.4) is 0 Å². The maximum Gasteiger partial charge on any atom is 0.269 e. The number of ether oxygens (including phenoxy) is 3. The molecule has 180 valence electrons. The van der Waals surface area contributed by atoms with E-state index in [1.54, 1.807) is 37.5 Å². The third-order valence-electron chi connectivity index (χ3n) is 5.68. The fraction of sp³-hybridized carbons (Fsp3) is 0.222. The fourth-order valence-electron chi connectivity index (χ4n) is 3.71. The minimum Gasteiger partial charge on any atom is -0.493 e. The second-order valence-electron chi connectivity index (χ2n) is 7.97. The Morgan fingerprint density at radius 2 is 1.74 bits per heavy atom. The van der Waals surface area contributed by atoms with Crippen LogP contribution in [0.2, 0.25) is 0 Å². The van der Waals surface area contributed by atoms with Crippen LogP contribution in [-0.4, -0.2) is 44.1 Å². The molecule has 35 heavy (non-hydrogen) atoms. The number of hydrogen-bond donors (Lipinski definition) is 0. The van der Waals surface area contributed by atoms with E-state index in [2.05, 4.69) is 4.90 Å². The summed E-state index contributed by atoms with van der Waals surface area (Å²) in [5.41, 5.74) is 3.33. The molecule has 3 aromatic carbocycles. The van der Waals surface area contributed by atoms with Crippen molar-refractivity contribution in [3.05, 3.63) is 99.6 Å². The zero-order chi connectivity index (χ0) is 24.6. The highest BCUT2D eigenvalue weighted by atomic mass is 16.6. The number of methoxy groups -OCH3 is 1. The van der Waals surface area contributed by atoms with Crippen LogP contribution in [0, 0.1) is 10.1 Å². The first-order chi connectivity index (χ1) is 17.0. The number of morpholine rings is 1. The van der Waals surface area contributed by atoms with E-state index >= 15 is 0 Å². The number of nitro groups is 1. The van der Waals surface area contributed by atoms with Crippen molar-refractivity contribution in [1.82, 2.24) is 0 Å². The first-order valence-electron chi connectivity index (χ1n) is 11.2. The number of nitro benzene ring substituents is 1. The Labute approximate surface area is 203 Å². The molecule has 1 saturated heterocycles. The molecule has 0 unspecified atom stereocenters. The lowest BCUT2D eigenvalue weighted by molar-refractivity contribution is -0.384. The molecule has 0 atom stereocenters. The van der Waals surface area contributed by atoms with Gasteiger partial charge in [-0.25, -0.2) is 0 Å². The lowest BCUT2D eigenvalue weighted by Crippen LogP contribution is -2.36. The number of ketones is 1. The van der Waals surface area contributed by atoms with E-state index < -0.39 is 4.92 Å². The van der Waals surface area contributed by atoms with E-state index in [1.807, 2.05) is 30.3 Å². The molecule has 3 aromatic rings. The van der Waals surface area contributed by atoms with Gasteiger partial charge < -0.3 is 19.1 Å². The molecule has 0 spiro atoms. The molecule has 0 bridgehead atoms. The van der Waals surface area contributed by atoms with Crippen molar-refractivity contribution >= 4 is 23.2 Å². The first-order valence-corrected chi connectivity index (χ1v) is 11.2. The number of rotatable bonds is 9. The van der Waals surface area contributed by atoms with Crippen LogP contribution in [0.25, 0.3) is 6.08 Å². The second kappa shape index (κ2) is 11.3. The Bertz CT molecular complexity index is 1200. The van der Waals surface area contributed by atoms with E-state index in [0.29, 0.717) is 30.3 Å². The summed E-state index contributed by atoms with van der Waals surface area (Å²) in [5, 5.41) is 10.8. The summed E-state index contributed by atoms with van der Waals surface area (Å²) in [6, 6.07) is 19.2. The molecule has 8 heteroatoms. The molecule has 0 amide bonds. The number of carbonyl (C=O) groups is 1. The zero-order valence-electron chi connectivity index (χ0n) is 19.4. The minimum absolute atomic E-state index is 0.0325. The maximum absolute atomic E-state index is 12.6. The Balaban J connectivity index is 1.37. The van der Waals surface area contributed by atoms with Crippen LogP contribution in [0.4, 0.5) is 11.4 Å². The molecule has 0 aliphatic carbocycles. The number of carbonyl (C=O) groups excluding carboxylic acids is 1. The lowest BCUT2D eigenvalue weighted by atomic mass is 10.1. The van der Waals surface area contributed by atoms with Gasteiger partial charge in [-0.3, -0.25) is 14.9 Å². The summed E-state index contributed by atoms with van der Waals surface area (Å²) < 4.78 is 16.7. The summed E-state index contributed by atoms with van der Waals surface area (Å²) >= 11 is 0. The second-order valence-corrected chi connectivity index (χ2v) is 7.97. The Kier molecular flexibility index (Phi) is 7.74. The predicted octanol–water partition coefficient (Wildman–Crippen LogP) is 4.92. The minimum atomic E-state index is -0.439. The predicted molar refractivity (Wildman–Crippen MR) is 133 cm³/mol. The van der Waals surface area contributed by atoms with Gasteiger partial charge in [0.1, 0.15) is 6.61 Å². The Hall–Kier alpha value is -4.17. The van der Waals surface area contributed by atoms with Gasteiger partial charge in [-0.2, -0.15) is 0 Å². The summed E-state index contributed by atoms with van der Waals surface area (Å²) in [6.07, 6.45) is 3.27. The van der Waals surface area contributed by atoms with E-state index in [0.717, 1.165) is 29.9 Å². The topological polar surface area (TPSA) is 91.1 Å². The van der Waals surface area contributed by atoms with Gasteiger partial charge in [-0.15, -0.1) is 0 Å². The van der Waals surface area contributed by atoms with Gasteiger partial charge in [0.25, 0.3) is 5.69 Å². The summed E-state index contributed by atoms with van der Waals surface area (Å²) in [5.74, 6) is 0.973. The van der Waals surface area contributed by atoms with Crippen molar-refractivity contribution in [2.24, 2.45) is 0 Å². The normalized spacial score (nSPS) is 13.6. The molecule has 1 aliphatic rings. The summed E-state index contributed by atoms with van der Waals surface area (Å²) in [6.45, 7) is 3.37. The molecule has 0 N–H and O–H groups in total. The number of non-ortho nitro benzene ring substituents is 1.